The smallest absolute Gasteiger partial charge is 0.244 e. The summed E-state index contributed by atoms with van der Waals surface area (Å²) in [5.41, 5.74) is 2.09. The molecule has 0 aliphatic rings. The van der Waals surface area contributed by atoms with Crippen molar-refractivity contribution < 1.29 is 4.79 Å². The fraction of sp³-hybridized carbons (Fsp3) is 0.357. The van der Waals surface area contributed by atoms with E-state index in [1.165, 1.54) is 0 Å². The molecular weight excluding hydrogens is 198 g/mol. The fourth-order valence-electron chi connectivity index (χ4n) is 1.42. The Labute approximate surface area is 97.4 Å². The van der Waals surface area contributed by atoms with Gasteiger partial charge in [0.25, 0.3) is 0 Å². The van der Waals surface area contributed by atoms with Gasteiger partial charge in [0.1, 0.15) is 0 Å². The van der Waals surface area contributed by atoms with Crippen molar-refractivity contribution in [2.75, 3.05) is 6.54 Å². The van der Waals surface area contributed by atoms with Crippen LogP contribution in [0.15, 0.2) is 36.4 Å². The predicted octanol–water partition coefficient (Wildman–Crippen LogP) is 3.01. The lowest BCUT2D eigenvalue weighted by Gasteiger charge is -2.03. The van der Waals surface area contributed by atoms with Crippen molar-refractivity contribution in [1.29, 1.82) is 0 Å². The van der Waals surface area contributed by atoms with Crippen molar-refractivity contribution in [3.05, 3.63) is 42.0 Å². The van der Waals surface area contributed by atoms with Gasteiger partial charge >= 0.3 is 0 Å². The molecule has 0 spiro atoms. The Morgan fingerprint density at radius 2 is 2.00 bits per heavy atom. The number of rotatable bonds is 5. The summed E-state index contributed by atoms with van der Waals surface area (Å²) in [5.74, 6) is -0.00481. The van der Waals surface area contributed by atoms with E-state index in [9.17, 15) is 4.79 Å². The summed E-state index contributed by atoms with van der Waals surface area (Å²) in [6.07, 6.45) is 3.79. The predicted molar refractivity (Wildman–Crippen MR) is 68.0 cm³/mol. The average Bonchev–Trinajstić information content (AvgIpc) is 2.30. The summed E-state index contributed by atoms with van der Waals surface area (Å²) in [6, 6.07) is 9.93. The van der Waals surface area contributed by atoms with Gasteiger partial charge in [-0.15, -0.1) is 0 Å². The molecule has 0 saturated carbocycles. The maximum Gasteiger partial charge on any atom is 0.244 e. The van der Waals surface area contributed by atoms with Crippen molar-refractivity contribution in [3.63, 3.8) is 0 Å². The van der Waals surface area contributed by atoms with Crippen LogP contribution in [-0.4, -0.2) is 12.5 Å². The highest BCUT2D eigenvalue weighted by atomic mass is 16.1. The maximum absolute atomic E-state index is 11.5. The van der Waals surface area contributed by atoms with Gasteiger partial charge < -0.3 is 5.32 Å². The van der Waals surface area contributed by atoms with Crippen LogP contribution in [0.2, 0.25) is 0 Å². The van der Waals surface area contributed by atoms with Crippen LogP contribution < -0.4 is 5.32 Å². The standard InChI is InChI=1S/C14H19NO/c1-3-4-10-15-14(16)11-12(2)13-8-6-5-7-9-13/h5-9,11H,3-4,10H2,1-2H3,(H,15,16)/b12-11+. The Kier molecular flexibility index (Phi) is 5.34. The number of nitrogens with one attached hydrogen (secondary N) is 1. The summed E-state index contributed by atoms with van der Waals surface area (Å²) in [7, 11) is 0. The topological polar surface area (TPSA) is 29.1 Å². The van der Waals surface area contributed by atoms with Crippen molar-refractivity contribution in [2.24, 2.45) is 0 Å². The third kappa shape index (κ3) is 4.30. The molecule has 16 heavy (non-hydrogen) atoms. The molecule has 0 radical (unpaired) electrons. The molecule has 1 aromatic rings. The van der Waals surface area contributed by atoms with E-state index in [0.29, 0.717) is 0 Å². The number of hydrogen-bond donors (Lipinski definition) is 1. The van der Waals surface area contributed by atoms with Gasteiger partial charge in [-0.05, 0) is 24.5 Å². The van der Waals surface area contributed by atoms with Gasteiger partial charge in [-0.1, -0.05) is 43.7 Å². The van der Waals surface area contributed by atoms with Gasteiger partial charge in [0.15, 0.2) is 0 Å². The molecule has 0 aliphatic carbocycles. The molecule has 1 aromatic carbocycles. The monoisotopic (exact) mass is 217 g/mol. The van der Waals surface area contributed by atoms with E-state index in [4.69, 9.17) is 0 Å². The SMILES string of the molecule is CCCCNC(=O)/C=C(\C)c1ccccc1. The van der Waals surface area contributed by atoms with Crippen LogP contribution in [0.4, 0.5) is 0 Å². The molecule has 0 saturated heterocycles. The molecule has 0 bridgehead atoms. The first-order valence-electron chi connectivity index (χ1n) is 5.75. The van der Waals surface area contributed by atoms with Gasteiger partial charge in [-0.2, -0.15) is 0 Å². The van der Waals surface area contributed by atoms with Crippen molar-refractivity contribution in [3.8, 4) is 0 Å². The quantitative estimate of drug-likeness (QED) is 0.596. The second-order valence-electron chi connectivity index (χ2n) is 3.84. The number of benzene rings is 1. The molecule has 0 unspecified atom stereocenters. The summed E-state index contributed by atoms with van der Waals surface area (Å²) >= 11 is 0. The second kappa shape index (κ2) is 6.83. The molecule has 86 valence electrons. The lowest BCUT2D eigenvalue weighted by molar-refractivity contribution is -0.116. The summed E-state index contributed by atoms with van der Waals surface area (Å²) < 4.78 is 0. The molecule has 0 fully saturated rings. The molecule has 1 amide bonds. The van der Waals surface area contributed by atoms with Crippen LogP contribution in [0.25, 0.3) is 5.57 Å². The Morgan fingerprint density at radius 1 is 1.31 bits per heavy atom. The lowest BCUT2D eigenvalue weighted by Crippen LogP contribution is -2.22. The van der Waals surface area contributed by atoms with Crippen molar-refractivity contribution >= 4 is 11.5 Å². The van der Waals surface area contributed by atoms with Crippen LogP contribution in [-0.2, 0) is 4.79 Å². The van der Waals surface area contributed by atoms with Gasteiger partial charge in [-0.25, -0.2) is 0 Å². The van der Waals surface area contributed by atoms with Crippen LogP contribution in [0.3, 0.4) is 0 Å². The highest BCUT2D eigenvalue weighted by molar-refractivity contribution is 5.94. The number of carbonyl (C=O) groups excluding carboxylic acids is 1. The van der Waals surface area contributed by atoms with Gasteiger partial charge in [0.05, 0.1) is 0 Å². The van der Waals surface area contributed by atoms with E-state index in [2.05, 4.69) is 12.2 Å². The number of allylic oxidation sites excluding steroid dienone is 1. The van der Waals surface area contributed by atoms with Crippen LogP contribution >= 0.6 is 0 Å². The van der Waals surface area contributed by atoms with E-state index in [1.54, 1.807) is 6.08 Å². The van der Waals surface area contributed by atoms with Crippen LogP contribution in [0.1, 0.15) is 32.3 Å². The van der Waals surface area contributed by atoms with E-state index >= 15 is 0 Å². The zero-order valence-corrected chi connectivity index (χ0v) is 9.99. The van der Waals surface area contributed by atoms with Gasteiger partial charge in [-0.3, -0.25) is 4.79 Å². The van der Waals surface area contributed by atoms with E-state index in [1.807, 2.05) is 37.3 Å². The second-order valence-corrected chi connectivity index (χ2v) is 3.84. The third-order valence-electron chi connectivity index (χ3n) is 2.41. The normalized spacial score (nSPS) is 11.2. The molecule has 2 heteroatoms. The molecule has 0 heterocycles. The summed E-state index contributed by atoms with van der Waals surface area (Å²) in [4.78, 5) is 11.5. The van der Waals surface area contributed by atoms with E-state index in [-0.39, 0.29) is 5.91 Å². The molecule has 1 N–H and O–H groups in total. The first-order chi connectivity index (χ1) is 7.74. The zero-order chi connectivity index (χ0) is 11.8. The molecule has 0 atom stereocenters. The molecular formula is C14H19NO. The first kappa shape index (κ1) is 12.5. The van der Waals surface area contributed by atoms with Gasteiger partial charge in [0, 0.05) is 12.6 Å². The minimum atomic E-state index is -0.00481. The Bertz CT molecular complexity index is 354. The maximum atomic E-state index is 11.5. The Morgan fingerprint density at radius 3 is 2.62 bits per heavy atom. The van der Waals surface area contributed by atoms with E-state index in [0.717, 1.165) is 30.5 Å². The number of amides is 1. The Balaban J connectivity index is 2.53. The minimum Gasteiger partial charge on any atom is -0.353 e. The lowest BCUT2D eigenvalue weighted by atomic mass is 10.1. The molecule has 1 rings (SSSR count). The summed E-state index contributed by atoms with van der Waals surface area (Å²) in [6.45, 7) is 4.82. The molecule has 0 aromatic heterocycles. The van der Waals surface area contributed by atoms with Crippen LogP contribution in [0.5, 0.6) is 0 Å². The number of hydrogen-bond acceptors (Lipinski definition) is 1. The first-order valence-corrected chi connectivity index (χ1v) is 5.75. The number of unbranched alkanes of at least 4 members (excludes halogenated alkanes) is 1. The van der Waals surface area contributed by atoms with Crippen molar-refractivity contribution in [1.82, 2.24) is 5.32 Å². The number of carbonyl (C=O) groups is 1. The molecule has 0 aliphatic heterocycles. The summed E-state index contributed by atoms with van der Waals surface area (Å²) in [5, 5.41) is 2.87. The van der Waals surface area contributed by atoms with E-state index < -0.39 is 0 Å². The molecule has 2 nitrogen and oxygen atoms in total. The third-order valence-corrected chi connectivity index (χ3v) is 2.41. The fourth-order valence-corrected chi connectivity index (χ4v) is 1.42. The average molecular weight is 217 g/mol. The Hall–Kier alpha value is -1.57. The largest absolute Gasteiger partial charge is 0.353 e. The minimum absolute atomic E-state index is 0.00481. The zero-order valence-electron chi connectivity index (χ0n) is 9.99. The van der Waals surface area contributed by atoms with Crippen LogP contribution in [0, 0.1) is 0 Å². The highest BCUT2D eigenvalue weighted by Crippen LogP contribution is 2.11. The van der Waals surface area contributed by atoms with Crippen molar-refractivity contribution in [2.45, 2.75) is 26.7 Å². The highest BCUT2D eigenvalue weighted by Gasteiger charge is 1.98. The van der Waals surface area contributed by atoms with Gasteiger partial charge in [0.2, 0.25) is 5.91 Å².